The maximum Gasteiger partial charge on any atom is 0.142 e. The third-order valence-corrected chi connectivity index (χ3v) is 7.63. The second-order valence-electron chi connectivity index (χ2n) is 10.7. The van der Waals surface area contributed by atoms with Crippen molar-refractivity contribution in [1.29, 1.82) is 0 Å². The van der Waals surface area contributed by atoms with E-state index in [2.05, 4.69) is 39.9 Å². The van der Waals surface area contributed by atoms with Crippen LogP contribution in [-0.4, -0.2) is 101 Å². The minimum atomic E-state index is 0. The molecule has 0 spiro atoms. The second kappa shape index (κ2) is 15.7. The number of ether oxygens (including phenoxy) is 2. The van der Waals surface area contributed by atoms with E-state index in [0.29, 0.717) is 36.0 Å². The molecule has 10 heteroatoms. The Bertz CT molecular complexity index is 964. The van der Waals surface area contributed by atoms with Crippen LogP contribution in [0.15, 0.2) is 36.4 Å². The Morgan fingerprint density at radius 3 is 1.76 bits per heavy atom. The molecule has 0 amide bonds. The van der Waals surface area contributed by atoms with E-state index in [0.717, 1.165) is 53.1 Å². The summed E-state index contributed by atoms with van der Waals surface area (Å²) in [6, 6.07) is 10.8. The first-order chi connectivity index (χ1) is 17.5. The fourth-order valence-electron chi connectivity index (χ4n) is 4.21. The van der Waals surface area contributed by atoms with Gasteiger partial charge in [-0.25, -0.2) is 0 Å². The number of nitrogen functional groups attached to an aromatic ring is 4. The molecule has 3 rings (SSSR count). The molecule has 2 aromatic rings. The Balaban J connectivity index is 0.000000375. The third-order valence-electron chi connectivity index (χ3n) is 7.63. The summed E-state index contributed by atoms with van der Waals surface area (Å²) in [5.41, 5.74) is 25.6. The lowest BCUT2D eigenvalue weighted by molar-refractivity contribution is -0.913. The van der Waals surface area contributed by atoms with Gasteiger partial charge >= 0.3 is 0 Å². The lowest BCUT2D eigenvalue weighted by atomic mass is 10.2. The highest BCUT2D eigenvalue weighted by Crippen LogP contribution is 2.24. The van der Waals surface area contributed by atoms with E-state index in [1.807, 2.05) is 18.2 Å². The van der Waals surface area contributed by atoms with Gasteiger partial charge in [-0.05, 0) is 57.3 Å². The molecule has 0 aromatic heterocycles. The topological polar surface area (TPSA) is 126 Å². The van der Waals surface area contributed by atoms with Crippen molar-refractivity contribution in [2.24, 2.45) is 0 Å². The number of nitrogens with zero attached hydrogens (tertiary/aromatic N) is 3. The number of anilines is 4. The summed E-state index contributed by atoms with van der Waals surface area (Å²) in [7, 11) is 6.76. The summed E-state index contributed by atoms with van der Waals surface area (Å²) >= 11 is 0. The van der Waals surface area contributed by atoms with Gasteiger partial charge in [0.2, 0.25) is 0 Å². The predicted octanol–water partition coefficient (Wildman–Crippen LogP) is 3.15. The van der Waals surface area contributed by atoms with Crippen LogP contribution in [0.4, 0.5) is 22.7 Å². The average molecular weight is 554 g/mol. The molecular formula is C28H52ClN7O2+2. The molecule has 0 saturated carbocycles. The van der Waals surface area contributed by atoms with Crippen LogP contribution in [0.5, 0.6) is 11.5 Å². The Morgan fingerprint density at radius 2 is 1.32 bits per heavy atom. The molecule has 1 fully saturated rings. The Hall–Kier alpha value is -2.59. The summed E-state index contributed by atoms with van der Waals surface area (Å²) in [6.45, 7) is 14.9. The van der Waals surface area contributed by atoms with Gasteiger partial charge in [-0.1, -0.05) is 0 Å². The van der Waals surface area contributed by atoms with Gasteiger partial charge < -0.3 is 41.4 Å². The van der Waals surface area contributed by atoms with Gasteiger partial charge in [0, 0.05) is 30.9 Å². The number of piperazine rings is 1. The maximum absolute atomic E-state index is 5.87. The van der Waals surface area contributed by atoms with Crippen molar-refractivity contribution in [1.82, 2.24) is 4.90 Å². The Kier molecular flexibility index (Phi) is 13.8. The van der Waals surface area contributed by atoms with Gasteiger partial charge in [-0.2, -0.15) is 0 Å². The number of rotatable bonds is 11. The van der Waals surface area contributed by atoms with E-state index in [9.17, 15) is 0 Å². The number of nitrogens with two attached hydrogens (primary N) is 4. The van der Waals surface area contributed by atoms with Gasteiger partial charge in [-0.15, -0.1) is 12.4 Å². The molecule has 8 N–H and O–H groups in total. The Labute approximate surface area is 236 Å². The zero-order valence-electron chi connectivity index (χ0n) is 24.1. The lowest BCUT2D eigenvalue weighted by Crippen LogP contribution is -2.56. The van der Waals surface area contributed by atoms with Crippen molar-refractivity contribution >= 4 is 35.2 Å². The smallest absolute Gasteiger partial charge is 0.142 e. The summed E-state index contributed by atoms with van der Waals surface area (Å²) in [4.78, 5) is 2.39. The van der Waals surface area contributed by atoms with Crippen LogP contribution in [0.2, 0.25) is 0 Å². The number of hydrogen-bond donors (Lipinski definition) is 4. The van der Waals surface area contributed by atoms with E-state index in [4.69, 9.17) is 32.4 Å². The van der Waals surface area contributed by atoms with Crippen molar-refractivity contribution < 1.29 is 18.4 Å². The highest BCUT2D eigenvalue weighted by Gasteiger charge is 2.26. The molecular weight excluding hydrogens is 502 g/mol. The van der Waals surface area contributed by atoms with Gasteiger partial charge in [-0.3, -0.25) is 4.90 Å². The molecule has 0 aliphatic carbocycles. The molecule has 1 aliphatic heterocycles. The molecule has 0 bridgehead atoms. The van der Waals surface area contributed by atoms with Gasteiger partial charge in [0.15, 0.2) is 0 Å². The van der Waals surface area contributed by atoms with Crippen molar-refractivity contribution in [3.8, 4) is 11.5 Å². The average Bonchev–Trinajstić information content (AvgIpc) is 2.86. The van der Waals surface area contributed by atoms with Crippen molar-refractivity contribution in [2.45, 2.75) is 20.3 Å². The third kappa shape index (κ3) is 11.0. The summed E-state index contributed by atoms with van der Waals surface area (Å²) in [5, 5.41) is 0. The van der Waals surface area contributed by atoms with Crippen LogP contribution in [-0.2, 0) is 0 Å². The number of hydrogen-bond acceptors (Lipinski definition) is 7. The maximum atomic E-state index is 5.87. The zero-order valence-corrected chi connectivity index (χ0v) is 24.9. The quantitative estimate of drug-likeness (QED) is 0.191. The van der Waals surface area contributed by atoms with Gasteiger partial charge in [0.05, 0.1) is 64.8 Å². The molecule has 1 saturated heterocycles. The van der Waals surface area contributed by atoms with E-state index < -0.39 is 0 Å². The van der Waals surface area contributed by atoms with Gasteiger partial charge in [0.1, 0.15) is 24.7 Å². The summed E-state index contributed by atoms with van der Waals surface area (Å²) < 4.78 is 13.6. The number of quaternary nitrogens is 2. The van der Waals surface area contributed by atoms with E-state index in [1.165, 1.54) is 26.2 Å². The van der Waals surface area contributed by atoms with Crippen LogP contribution in [0.3, 0.4) is 0 Å². The SMILES string of the molecule is CC[N+](C)(CC)CCOc1ccc(N)cc1N.CN1CC[N+](C)(CCCOc2ccc(N)cc2N)CC1.Cl. The first-order valence-corrected chi connectivity index (χ1v) is 13.4. The monoisotopic (exact) mass is 553 g/mol. The van der Waals surface area contributed by atoms with Crippen LogP contribution in [0.1, 0.15) is 20.3 Å². The van der Waals surface area contributed by atoms with Crippen molar-refractivity contribution in [2.75, 3.05) is 110 Å². The molecule has 1 heterocycles. The normalized spacial score (nSPS) is 15.1. The minimum absolute atomic E-state index is 0. The highest BCUT2D eigenvalue weighted by molar-refractivity contribution is 5.85. The molecule has 9 nitrogen and oxygen atoms in total. The lowest BCUT2D eigenvalue weighted by Gasteiger charge is -2.41. The highest BCUT2D eigenvalue weighted by atomic mass is 35.5. The predicted molar refractivity (Wildman–Crippen MR) is 164 cm³/mol. The van der Waals surface area contributed by atoms with E-state index in [-0.39, 0.29) is 12.4 Å². The standard InChI is InChI=1S/C15H27N4O.C13H24N3O.ClH/c1-18-6-9-19(2,10-7-18)8-3-11-20-15-5-4-13(16)12-14(15)17;1-4-16(3,5-2)8-9-17-13-7-6-11(14)10-12(13)15;/h4-5,12H,3,6-11,16-17H2,1-2H3;6-7,10H,4-5,8-9,14-15H2,1-3H3;1H/q2*+1;. The molecule has 38 heavy (non-hydrogen) atoms. The second-order valence-corrected chi connectivity index (χ2v) is 10.7. The van der Waals surface area contributed by atoms with Crippen LogP contribution < -0.4 is 32.4 Å². The van der Waals surface area contributed by atoms with Gasteiger partial charge in [0.25, 0.3) is 0 Å². The molecule has 1 aliphatic rings. The van der Waals surface area contributed by atoms with E-state index >= 15 is 0 Å². The summed E-state index contributed by atoms with van der Waals surface area (Å²) in [6.07, 6.45) is 1.05. The Morgan fingerprint density at radius 1 is 0.842 bits per heavy atom. The van der Waals surface area contributed by atoms with Crippen LogP contribution >= 0.6 is 12.4 Å². The fraction of sp³-hybridized carbons (Fsp3) is 0.571. The fourth-order valence-corrected chi connectivity index (χ4v) is 4.21. The molecule has 0 radical (unpaired) electrons. The molecule has 0 unspecified atom stereocenters. The first-order valence-electron chi connectivity index (χ1n) is 13.4. The number of halogens is 1. The van der Waals surface area contributed by atoms with E-state index in [1.54, 1.807) is 18.2 Å². The molecule has 2 aromatic carbocycles. The molecule has 0 atom stereocenters. The van der Waals surface area contributed by atoms with Crippen LogP contribution in [0, 0.1) is 0 Å². The van der Waals surface area contributed by atoms with Crippen LogP contribution in [0.25, 0.3) is 0 Å². The molecule has 216 valence electrons. The van der Waals surface area contributed by atoms with Crippen molar-refractivity contribution in [3.63, 3.8) is 0 Å². The largest absolute Gasteiger partial charge is 0.491 e. The minimum Gasteiger partial charge on any atom is -0.491 e. The number of likely N-dealkylation sites (N-methyl/N-ethyl adjacent to an activating group) is 3. The van der Waals surface area contributed by atoms with Crippen molar-refractivity contribution in [3.05, 3.63) is 36.4 Å². The zero-order chi connectivity index (χ0) is 27.5. The first kappa shape index (κ1) is 33.4. The number of benzene rings is 2. The summed E-state index contributed by atoms with van der Waals surface area (Å²) in [5.74, 6) is 1.46.